The number of rotatable bonds is 3. The lowest BCUT2D eigenvalue weighted by atomic mass is 10.1. The number of nitrogens with zero attached hydrogens (tertiary/aromatic N) is 1. The molecule has 0 spiro atoms. The number of furan rings is 1. The maximum absolute atomic E-state index is 13.1. The number of hydrogen-bond acceptors (Lipinski definition) is 3. The van der Waals surface area contributed by atoms with Gasteiger partial charge >= 0.3 is 0 Å². The molecule has 4 rings (SSSR count). The molecule has 2 heterocycles. The van der Waals surface area contributed by atoms with Crippen LogP contribution in [0.1, 0.15) is 11.3 Å². The Hall–Kier alpha value is -3.38. The maximum Gasteiger partial charge on any atom is 0.282 e. The average Bonchev–Trinajstić information content (AvgIpc) is 3.25. The molecule has 1 aliphatic heterocycles. The number of halogens is 2. The van der Waals surface area contributed by atoms with E-state index in [1.807, 2.05) is 19.1 Å². The normalized spacial score (nSPS) is 15.4. The quantitative estimate of drug-likeness (QED) is 0.523. The molecule has 1 fully saturated rings. The molecule has 3 aromatic rings. The minimum absolute atomic E-state index is 0.0759. The van der Waals surface area contributed by atoms with Crippen LogP contribution in [0, 0.1) is 12.7 Å². The summed E-state index contributed by atoms with van der Waals surface area (Å²) in [5.74, 6) is -0.612. The highest BCUT2D eigenvalue weighted by molar-refractivity contribution is 6.32. The summed E-state index contributed by atoms with van der Waals surface area (Å²) in [5, 5.41) is 1.69. The molecule has 1 aliphatic rings. The van der Waals surface area contributed by atoms with Gasteiger partial charge in [-0.1, -0.05) is 23.7 Å². The summed E-state index contributed by atoms with van der Waals surface area (Å²) in [6, 6.07) is 14.1. The highest BCUT2D eigenvalue weighted by Gasteiger charge is 2.34. The lowest BCUT2D eigenvalue weighted by Crippen LogP contribution is -2.35. The molecule has 2 aromatic carbocycles. The largest absolute Gasteiger partial charge is 0.457 e. The lowest BCUT2D eigenvalue weighted by Gasteiger charge is -2.14. The van der Waals surface area contributed by atoms with Gasteiger partial charge in [0.2, 0.25) is 0 Å². The highest BCUT2D eigenvalue weighted by atomic mass is 35.5. The number of hydrogen-bond donors (Lipinski definition) is 1. The maximum atomic E-state index is 13.1. The average molecular weight is 397 g/mol. The van der Waals surface area contributed by atoms with E-state index in [4.69, 9.17) is 16.0 Å². The summed E-state index contributed by atoms with van der Waals surface area (Å²) in [4.78, 5) is 24.8. The number of hydrazine groups is 1. The fourth-order valence-electron chi connectivity index (χ4n) is 2.92. The number of amides is 2. The summed E-state index contributed by atoms with van der Waals surface area (Å²) in [6.07, 6.45) is 1.38. The summed E-state index contributed by atoms with van der Waals surface area (Å²) in [5.41, 5.74) is 4.44. The first kappa shape index (κ1) is 18.0. The first-order valence-electron chi connectivity index (χ1n) is 8.42. The van der Waals surface area contributed by atoms with Crippen molar-refractivity contribution in [3.8, 4) is 11.3 Å². The van der Waals surface area contributed by atoms with Crippen molar-refractivity contribution in [2.45, 2.75) is 6.92 Å². The lowest BCUT2D eigenvalue weighted by molar-refractivity contribution is -0.117. The molecular formula is C21H14ClFN2O3. The third-order valence-electron chi connectivity index (χ3n) is 4.42. The van der Waals surface area contributed by atoms with Gasteiger partial charge in [0.15, 0.2) is 0 Å². The van der Waals surface area contributed by atoms with Crippen molar-refractivity contribution in [2.75, 3.05) is 5.01 Å². The third kappa shape index (κ3) is 3.18. The molecule has 1 N–H and O–H groups in total. The molecule has 28 heavy (non-hydrogen) atoms. The van der Waals surface area contributed by atoms with E-state index >= 15 is 0 Å². The monoisotopic (exact) mass is 396 g/mol. The SMILES string of the molecule is Cc1c(Cl)cccc1-c1ccc(C=C2C(=O)NN(c3ccc(F)cc3)C2=O)o1. The van der Waals surface area contributed by atoms with E-state index in [0.717, 1.165) is 16.1 Å². The van der Waals surface area contributed by atoms with Gasteiger partial charge in [-0.3, -0.25) is 15.0 Å². The number of nitrogens with one attached hydrogen (secondary N) is 1. The Bertz CT molecular complexity index is 1120. The van der Waals surface area contributed by atoms with Gasteiger partial charge in [0, 0.05) is 10.6 Å². The second kappa shape index (κ2) is 6.98. The Morgan fingerprint density at radius 1 is 1.07 bits per heavy atom. The number of anilines is 1. The van der Waals surface area contributed by atoms with E-state index < -0.39 is 17.6 Å². The van der Waals surface area contributed by atoms with Crippen LogP contribution in [0.15, 0.2) is 64.6 Å². The van der Waals surface area contributed by atoms with Gasteiger partial charge in [0.25, 0.3) is 11.8 Å². The molecule has 0 radical (unpaired) electrons. The second-order valence-electron chi connectivity index (χ2n) is 6.23. The predicted octanol–water partition coefficient (Wildman–Crippen LogP) is 4.51. The van der Waals surface area contributed by atoms with Crippen LogP contribution in [-0.2, 0) is 9.59 Å². The fraction of sp³-hybridized carbons (Fsp3) is 0.0476. The topological polar surface area (TPSA) is 62.6 Å². The van der Waals surface area contributed by atoms with Crippen LogP contribution in [0.4, 0.5) is 10.1 Å². The molecule has 1 saturated heterocycles. The minimum atomic E-state index is -0.564. The molecule has 1 aromatic heterocycles. The van der Waals surface area contributed by atoms with Crippen molar-refractivity contribution >= 4 is 35.2 Å². The molecule has 7 heteroatoms. The first-order valence-corrected chi connectivity index (χ1v) is 8.80. The Morgan fingerprint density at radius 3 is 2.57 bits per heavy atom. The fourth-order valence-corrected chi connectivity index (χ4v) is 3.10. The van der Waals surface area contributed by atoms with Crippen LogP contribution < -0.4 is 10.4 Å². The van der Waals surface area contributed by atoms with Crippen LogP contribution in [0.5, 0.6) is 0 Å². The molecule has 0 aliphatic carbocycles. The Labute approximate surface area is 165 Å². The first-order chi connectivity index (χ1) is 13.4. The minimum Gasteiger partial charge on any atom is -0.457 e. The molecule has 0 unspecified atom stereocenters. The van der Waals surface area contributed by atoms with Gasteiger partial charge in [0.1, 0.15) is 22.9 Å². The molecule has 0 saturated carbocycles. The van der Waals surface area contributed by atoms with Gasteiger partial charge in [-0.15, -0.1) is 0 Å². The van der Waals surface area contributed by atoms with E-state index in [9.17, 15) is 14.0 Å². The van der Waals surface area contributed by atoms with Gasteiger partial charge in [-0.25, -0.2) is 9.40 Å². The van der Waals surface area contributed by atoms with Crippen molar-refractivity contribution in [3.05, 3.63) is 82.3 Å². The smallest absolute Gasteiger partial charge is 0.282 e. The number of carbonyl (C=O) groups excluding carboxylic acids is 2. The van der Waals surface area contributed by atoms with Crippen molar-refractivity contribution < 1.29 is 18.4 Å². The van der Waals surface area contributed by atoms with E-state index in [1.165, 1.54) is 30.3 Å². The van der Waals surface area contributed by atoms with Crippen LogP contribution in [-0.4, -0.2) is 11.8 Å². The number of benzene rings is 2. The zero-order chi connectivity index (χ0) is 19.8. The van der Waals surface area contributed by atoms with Crippen LogP contribution in [0.3, 0.4) is 0 Å². The Morgan fingerprint density at radius 2 is 1.82 bits per heavy atom. The van der Waals surface area contributed by atoms with E-state index in [0.29, 0.717) is 22.2 Å². The van der Waals surface area contributed by atoms with Gasteiger partial charge in [-0.2, -0.15) is 0 Å². The summed E-state index contributed by atoms with van der Waals surface area (Å²) < 4.78 is 18.9. The van der Waals surface area contributed by atoms with Crippen molar-refractivity contribution in [2.24, 2.45) is 0 Å². The van der Waals surface area contributed by atoms with Crippen molar-refractivity contribution in [1.29, 1.82) is 0 Å². The molecule has 5 nitrogen and oxygen atoms in total. The summed E-state index contributed by atoms with van der Waals surface area (Å²) >= 11 is 6.15. The second-order valence-corrected chi connectivity index (χ2v) is 6.64. The molecule has 0 bridgehead atoms. The predicted molar refractivity (Wildman–Crippen MR) is 104 cm³/mol. The molecule has 2 amide bonds. The standard InChI is InChI=1S/C21H14ClFN2O3/c1-12-16(3-2-4-18(12)22)19-10-9-15(28-19)11-17-20(26)24-25(21(17)27)14-7-5-13(23)6-8-14/h2-11H,1H3,(H,24,26). The summed E-state index contributed by atoms with van der Waals surface area (Å²) in [7, 11) is 0. The number of carbonyl (C=O) groups is 2. The molecule has 140 valence electrons. The highest BCUT2D eigenvalue weighted by Crippen LogP contribution is 2.30. The van der Waals surface area contributed by atoms with Crippen LogP contribution in [0.2, 0.25) is 5.02 Å². The Balaban J connectivity index is 1.63. The zero-order valence-electron chi connectivity index (χ0n) is 14.7. The summed E-state index contributed by atoms with van der Waals surface area (Å²) in [6.45, 7) is 1.88. The van der Waals surface area contributed by atoms with Gasteiger partial charge in [-0.05, 0) is 61.0 Å². The zero-order valence-corrected chi connectivity index (χ0v) is 15.5. The van der Waals surface area contributed by atoms with Crippen LogP contribution in [0.25, 0.3) is 17.4 Å². The van der Waals surface area contributed by atoms with Crippen LogP contribution >= 0.6 is 11.6 Å². The van der Waals surface area contributed by atoms with Crippen molar-refractivity contribution in [3.63, 3.8) is 0 Å². The molecular weight excluding hydrogens is 383 g/mol. The van der Waals surface area contributed by atoms with E-state index in [2.05, 4.69) is 5.43 Å². The molecule has 0 atom stereocenters. The van der Waals surface area contributed by atoms with Gasteiger partial charge < -0.3 is 4.42 Å². The van der Waals surface area contributed by atoms with E-state index in [1.54, 1.807) is 18.2 Å². The van der Waals surface area contributed by atoms with Gasteiger partial charge in [0.05, 0.1) is 5.69 Å². The van der Waals surface area contributed by atoms with E-state index in [-0.39, 0.29) is 5.57 Å². The van der Waals surface area contributed by atoms with Crippen molar-refractivity contribution in [1.82, 2.24) is 5.43 Å². The third-order valence-corrected chi connectivity index (χ3v) is 4.83. The Kier molecular flexibility index (Phi) is 4.49.